The number of halogens is 1. The number of rotatable bonds is 2. The van der Waals surface area contributed by atoms with Gasteiger partial charge in [0, 0.05) is 12.2 Å². The predicted octanol–water partition coefficient (Wildman–Crippen LogP) is 2.45. The van der Waals surface area contributed by atoms with Crippen molar-refractivity contribution < 1.29 is 4.79 Å². The summed E-state index contributed by atoms with van der Waals surface area (Å²) in [4.78, 5) is 10.8. The van der Waals surface area contributed by atoms with Crippen LogP contribution in [0.4, 0.5) is 0 Å². The van der Waals surface area contributed by atoms with Gasteiger partial charge in [-0.1, -0.05) is 0 Å². The lowest BCUT2D eigenvalue weighted by molar-refractivity contribution is 0.107. The second-order valence-corrected chi connectivity index (χ2v) is 3.01. The molecule has 0 saturated carbocycles. The van der Waals surface area contributed by atoms with Gasteiger partial charge in [-0.3, -0.25) is 4.79 Å². The molecule has 0 aliphatic carbocycles. The molecule has 0 saturated heterocycles. The third-order valence-electron chi connectivity index (χ3n) is 1.54. The van der Waals surface area contributed by atoms with Crippen molar-refractivity contribution in [2.45, 2.75) is 19.9 Å². The Hall–Kier alpha value is -0.760. The number of carbonyl (C=O) groups is 1. The van der Waals surface area contributed by atoms with E-state index in [0.29, 0.717) is 5.69 Å². The number of hydrogen-bond donors (Lipinski definition) is 0. The maximum absolute atomic E-state index is 10.8. The van der Waals surface area contributed by atoms with Gasteiger partial charge in [0.15, 0.2) is 0 Å². The third-order valence-corrected chi connectivity index (χ3v) is 1.73. The smallest absolute Gasteiger partial charge is 0.268 e. The van der Waals surface area contributed by atoms with Gasteiger partial charge < -0.3 is 4.57 Å². The fourth-order valence-corrected chi connectivity index (χ4v) is 1.17. The lowest BCUT2D eigenvalue weighted by atomic mass is 10.3. The van der Waals surface area contributed by atoms with E-state index in [1.54, 1.807) is 6.07 Å². The molecule has 1 rings (SSSR count). The molecule has 0 spiro atoms. The standard InChI is InChI=1S/C8H10ClNO/c1-6(2)10-5-3-4-7(10)8(9)11/h3-6H,1-2H3. The summed E-state index contributed by atoms with van der Waals surface area (Å²) in [6.07, 6.45) is 1.85. The fraction of sp³-hybridized carbons (Fsp3) is 0.375. The molecule has 1 aromatic heterocycles. The summed E-state index contributed by atoms with van der Waals surface area (Å²) >= 11 is 5.33. The average Bonchev–Trinajstić information content (AvgIpc) is 2.32. The Morgan fingerprint density at radius 1 is 1.64 bits per heavy atom. The van der Waals surface area contributed by atoms with Crippen LogP contribution in [0.2, 0.25) is 0 Å². The van der Waals surface area contributed by atoms with Crippen molar-refractivity contribution in [1.82, 2.24) is 4.57 Å². The van der Waals surface area contributed by atoms with Crippen LogP contribution in [0.25, 0.3) is 0 Å². The van der Waals surface area contributed by atoms with Crippen molar-refractivity contribution in [1.29, 1.82) is 0 Å². The van der Waals surface area contributed by atoms with E-state index in [1.807, 2.05) is 30.7 Å². The van der Waals surface area contributed by atoms with Gasteiger partial charge in [0.1, 0.15) is 5.69 Å². The first-order valence-electron chi connectivity index (χ1n) is 3.49. The Morgan fingerprint density at radius 3 is 2.64 bits per heavy atom. The summed E-state index contributed by atoms with van der Waals surface area (Å²) in [5.74, 6) is 0. The molecule has 0 fully saturated rings. The van der Waals surface area contributed by atoms with E-state index in [0.717, 1.165) is 0 Å². The van der Waals surface area contributed by atoms with E-state index >= 15 is 0 Å². The summed E-state index contributed by atoms with van der Waals surface area (Å²) in [5, 5.41) is -0.399. The maximum atomic E-state index is 10.8. The molecule has 0 N–H and O–H groups in total. The predicted molar refractivity (Wildman–Crippen MR) is 45.0 cm³/mol. The molecule has 0 amide bonds. The molecule has 3 heteroatoms. The highest BCUT2D eigenvalue weighted by atomic mass is 35.5. The Morgan fingerprint density at radius 2 is 2.27 bits per heavy atom. The highest BCUT2D eigenvalue weighted by Gasteiger charge is 2.08. The van der Waals surface area contributed by atoms with Crippen molar-refractivity contribution in [3.05, 3.63) is 24.0 Å². The van der Waals surface area contributed by atoms with Crippen molar-refractivity contribution in [2.75, 3.05) is 0 Å². The quantitative estimate of drug-likeness (QED) is 0.627. The Labute approximate surface area is 70.8 Å². The molecule has 0 aromatic carbocycles. The molecular weight excluding hydrogens is 162 g/mol. The lowest BCUT2D eigenvalue weighted by Crippen LogP contribution is -2.05. The first-order valence-corrected chi connectivity index (χ1v) is 3.87. The topological polar surface area (TPSA) is 22.0 Å². The van der Waals surface area contributed by atoms with Crippen LogP contribution in [0.1, 0.15) is 30.4 Å². The molecule has 0 bridgehead atoms. The molecule has 11 heavy (non-hydrogen) atoms. The zero-order valence-corrected chi connectivity index (χ0v) is 7.30. The van der Waals surface area contributed by atoms with Crippen LogP contribution in [-0.4, -0.2) is 9.81 Å². The van der Waals surface area contributed by atoms with Gasteiger partial charge >= 0.3 is 0 Å². The van der Waals surface area contributed by atoms with Gasteiger partial charge in [-0.15, -0.1) is 0 Å². The van der Waals surface area contributed by atoms with E-state index in [2.05, 4.69) is 0 Å². The Kier molecular flexibility index (Phi) is 2.35. The van der Waals surface area contributed by atoms with Crippen molar-refractivity contribution in [3.63, 3.8) is 0 Å². The molecule has 0 aliphatic rings. The van der Waals surface area contributed by atoms with Crippen LogP contribution >= 0.6 is 11.6 Å². The minimum Gasteiger partial charge on any atom is -0.342 e. The van der Waals surface area contributed by atoms with Gasteiger partial charge in [0.05, 0.1) is 0 Å². The maximum Gasteiger partial charge on any atom is 0.268 e. The first-order chi connectivity index (χ1) is 5.13. The normalized spacial score (nSPS) is 10.5. The largest absolute Gasteiger partial charge is 0.342 e. The van der Waals surface area contributed by atoms with Crippen LogP contribution in [0.3, 0.4) is 0 Å². The molecule has 0 aliphatic heterocycles. The second kappa shape index (κ2) is 3.09. The molecule has 0 radical (unpaired) electrons. The molecule has 60 valence electrons. The molecule has 1 heterocycles. The summed E-state index contributed by atoms with van der Waals surface area (Å²) in [6, 6.07) is 3.81. The molecule has 1 aromatic rings. The van der Waals surface area contributed by atoms with Crippen LogP contribution in [0, 0.1) is 0 Å². The van der Waals surface area contributed by atoms with Crippen molar-refractivity contribution in [2.24, 2.45) is 0 Å². The minimum atomic E-state index is -0.399. The van der Waals surface area contributed by atoms with E-state index in [4.69, 9.17) is 11.6 Å². The average molecular weight is 172 g/mol. The van der Waals surface area contributed by atoms with Crippen molar-refractivity contribution in [3.8, 4) is 0 Å². The molecular formula is C8H10ClNO. The zero-order chi connectivity index (χ0) is 8.43. The van der Waals surface area contributed by atoms with E-state index < -0.39 is 5.24 Å². The van der Waals surface area contributed by atoms with Crippen LogP contribution in [0.15, 0.2) is 18.3 Å². The SMILES string of the molecule is CC(C)n1cccc1C(=O)Cl. The zero-order valence-electron chi connectivity index (χ0n) is 6.54. The van der Waals surface area contributed by atoms with E-state index in [-0.39, 0.29) is 6.04 Å². The Bertz CT molecular complexity index is 265. The summed E-state index contributed by atoms with van der Waals surface area (Å²) < 4.78 is 1.84. The second-order valence-electron chi connectivity index (χ2n) is 2.67. The number of carbonyl (C=O) groups excluding carboxylic acids is 1. The lowest BCUT2D eigenvalue weighted by Gasteiger charge is -2.09. The highest BCUT2D eigenvalue weighted by molar-refractivity contribution is 6.67. The van der Waals surface area contributed by atoms with E-state index in [9.17, 15) is 4.79 Å². The minimum absolute atomic E-state index is 0.280. The molecule has 0 atom stereocenters. The van der Waals surface area contributed by atoms with Gasteiger partial charge in [0.2, 0.25) is 0 Å². The number of nitrogens with zero attached hydrogens (tertiary/aromatic N) is 1. The van der Waals surface area contributed by atoms with Gasteiger partial charge in [-0.2, -0.15) is 0 Å². The third kappa shape index (κ3) is 1.63. The summed E-state index contributed by atoms with van der Waals surface area (Å²) in [6.45, 7) is 4.01. The van der Waals surface area contributed by atoms with Crippen LogP contribution < -0.4 is 0 Å². The Balaban J connectivity index is 3.06. The summed E-state index contributed by atoms with van der Waals surface area (Å²) in [7, 11) is 0. The van der Waals surface area contributed by atoms with E-state index in [1.165, 1.54) is 0 Å². The van der Waals surface area contributed by atoms with Crippen LogP contribution in [-0.2, 0) is 0 Å². The van der Waals surface area contributed by atoms with Gasteiger partial charge in [0.25, 0.3) is 5.24 Å². The first kappa shape index (κ1) is 8.34. The molecule has 0 unspecified atom stereocenters. The fourth-order valence-electron chi connectivity index (χ4n) is 1.01. The van der Waals surface area contributed by atoms with Crippen LogP contribution in [0.5, 0.6) is 0 Å². The summed E-state index contributed by atoms with van der Waals surface area (Å²) in [5.41, 5.74) is 0.557. The van der Waals surface area contributed by atoms with Gasteiger partial charge in [-0.05, 0) is 37.6 Å². The molecule has 2 nitrogen and oxygen atoms in total. The number of hydrogen-bond acceptors (Lipinski definition) is 1. The number of aromatic nitrogens is 1. The van der Waals surface area contributed by atoms with Gasteiger partial charge in [-0.25, -0.2) is 0 Å². The monoisotopic (exact) mass is 171 g/mol. The van der Waals surface area contributed by atoms with Crippen molar-refractivity contribution >= 4 is 16.8 Å². The highest BCUT2D eigenvalue weighted by Crippen LogP contribution is 2.12.